The molecule has 0 aliphatic carbocycles. The van der Waals surface area contributed by atoms with Crippen molar-refractivity contribution in [3.05, 3.63) is 0 Å². The van der Waals surface area contributed by atoms with Gasteiger partial charge in [-0.3, -0.25) is 9.11 Å². The van der Waals surface area contributed by atoms with Crippen LogP contribution in [0, 0.1) is 0 Å². The van der Waals surface area contributed by atoms with Crippen molar-refractivity contribution in [3.63, 3.8) is 0 Å². The second kappa shape index (κ2) is 38.1. The molecule has 0 unspecified atom stereocenters. The molecule has 16 N–H and O–H groups in total. The summed E-state index contributed by atoms with van der Waals surface area (Å²) in [4.78, 5) is 0. The van der Waals surface area contributed by atoms with Gasteiger partial charge in [-0.25, -0.2) is 0 Å². The zero-order chi connectivity index (χ0) is 4.50. The Morgan fingerprint density at radius 1 is 0.615 bits per heavy atom. The molecule has 0 aliphatic rings. The summed E-state index contributed by atoms with van der Waals surface area (Å²) in [5, 5.41) is 0. The van der Waals surface area contributed by atoms with Crippen molar-refractivity contribution in [2.24, 2.45) is 0 Å². The van der Waals surface area contributed by atoms with E-state index >= 15 is 0 Å². The van der Waals surface area contributed by atoms with E-state index in [1.54, 1.807) is 0 Å². The van der Waals surface area contributed by atoms with Gasteiger partial charge in [0.1, 0.15) is 0 Å². The van der Waals surface area contributed by atoms with Crippen LogP contribution in [0.3, 0.4) is 0 Å². The third kappa shape index (κ3) is 1400. The fourth-order valence-electron chi connectivity index (χ4n) is 0. The molecule has 0 radical (unpaired) electrons. The number of hydrogen-bond acceptors (Lipinski definition) is 2. The molecule has 0 aromatic rings. The number of hydrogen-bond donors (Lipinski definition) is 2. The van der Waals surface area contributed by atoms with E-state index in [2.05, 4.69) is 0 Å². The van der Waals surface area contributed by atoms with Crippen LogP contribution in [0.15, 0.2) is 0 Å². The van der Waals surface area contributed by atoms with Crippen molar-refractivity contribution >= 4 is 55.9 Å². The molecule has 0 atom stereocenters. The third-order valence-electron chi connectivity index (χ3n) is 0. The van der Waals surface area contributed by atoms with Gasteiger partial charge in [0.2, 0.25) is 0 Å². The van der Waals surface area contributed by atoms with Crippen LogP contribution in [0.2, 0.25) is 0 Å². The molecule has 0 saturated carbocycles. The van der Waals surface area contributed by atoms with Gasteiger partial charge in [0.05, 0.1) is 0 Å². The van der Waals surface area contributed by atoms with Crippen molar-refractivity contribution in [1.82, 2.24) is 0 Å². The van der Waals surface area contributed by atoms with Gasteiger partial charge < -0.3 is 38.3 Å². The maximum absolute atomic E-state index is 8.74. The van der Waals surface area contributed by atoms with Crippen LogP contribution in [-0.2, 0) is 10.4 Å². The Morgan fingerprint density at radius 3 is 0.615 bits per heavy atom. The Kier molecular flexibility index (Phi) is 274. The Hall–Kier alpha value is 1.07. The van der Waals surface area contributed by atoms with E-state index in [-0.39, 0.29) is 83.8 Å². The minimum absolute atomic E-state index is 0. The topological polar surface area (TPSA) is 295 Å². The van der Waals surface area contributed by atoms with Gasteiger partial charge >= 0.3 is 55.9 Å². The van der Waals surface area contributed by atoms with Crippen LogP contribution < -0.4 is 0 Å². The summed E-state index contributed by atoms with van der Waals surface area (Å²) in [5.41, 5.74) is 0. The second-order valence-corrected chi connectivity index (χ2v) is 1.34. The Balaban J connectivity index is -0.00000000286. The van der Waals surface area contributed by atoms with E-state index in [1.165, 1.54) is 0 Å². The summed E-state index contributed by atoms with van der Waals surface area (Å²) in [5.74, 6) is 0. The second-order valence-electron chi connectivity index (χ2n) is 0.448. The van der Waals surface area contributed by atoms with Crippen molar-refractivity contribution < 1.29 is 55.9 Å². The van der Waals surface area contributed by atoms with E-state index in [4.69, 9.17) is 17.5 Å². The molecule has 0 spiro atoms. The first-order valence-electron chi connectivity index (χ1n) is 0.698. The van der Waals surface area contributed by atoms with Gasteiger partial charge in [-0.2, -0.15) is 8.42 Å². The first kappa shape index (κ1) is 93.5. The molecular formula is H18O11SSr. The molecule has 0 rings (SSSR count). The fraction of sp³-hybridized carbons (Fsp3) is 0. The summed E-state index contributed by atoms with van der Waals surface area (Å²) in [6.45, 7) is 0. The van der Waals surface area contributed by atoms with Crippen LogP contribution in [0.1, 0.15) is 0 Å². The molecule has 0 heterocycles. The van der Waals surface area contributed by atoms with E-state index in [0.29, 0.717) is 0 Å². The summed E-state index contributed by atoms with van der Waals surface area (Å²) in [7, 11) is -4.67. The molecule has 0 amide bonds. The average Bonchev–Trinajstić information content (AvgIpc) is 0.722. The predicted molar refractivity (Wildman–Crippen MR) is 48.0 cm³/mol. The molecule has 0 saturated heterocycles. The van der Waals surface area contributed by atoms with Gasteiger partial charge in [-0.05, 0) is 0 Å². The molecule has 13 heteroatoms. The molecule has 0 fully saturated rings. The fourth-order valence-corrected chi connectivity index (χ4v) is 0. The van der Waals surface area contributed by atoms with Gasteiger partial charge in [-0.15, -0.1) is 0 Å². The molecule has 0 aliphatic heterocycles. The first-order valence-corrected chi connectivity index (χ1v) is 2.10. The molecule has 13 heavy (non-hydrogen) atoms. The van der Waals surface area contributed by atoms with E-state index in [9.17, 15) is 0 Å². The monoisotopic (exact) mass is 314 g/mol. The minimum atomic E-state index is -4.67. The predicted octanol–water partition coefficient (Wildman–Crippen LogP) is -7.34. The van der Waals surface area contributed by atoms with Crippen LogP contribution in [-0.4, -0.2) is 101 Å². The van der Waals surface area contributed by atoms with Crippen molar-refractivity contribution in [2.45, 2.75) is 0 Å². The quantitative estimate of drug-likeness (QED) is 0.325. The van der Waals surface area contributed by atoms with Gasteiger partial charge in [0, 0.05) is 0 Å². The average molecular weight is 314 g/mol. The van der Waals surface area contributed by atoms with Crippen LogP contribution in [0.25, 0.3) is 0 Å². The summed E-state index contributed by atoms with van der Waals surface area (Å²) < 4.78 is 31.6. The zero-order valence-electron chi connectivity index (χ0n) is 5.62. The molecule has 0 bridgehead atoms. The standard InChI is InChI=1S/H2O4S.7H2O.Sr.2H/c1-5(2,3)4;;;;;;;;;;/h(H2,1,2,3,4);7*1H2;;;. The van der Waals surface area contributed by atoms with E-state index in [1.807, 2.05) is 0 Å². The van der Waals surface area contributed by atoms with Crippen LogP contribution in [0.5, 0.6) is 0 Å². The molecular weight excluding hydrogens is 296 g/mol. The maximum atomic E-state index is 8.74. The summed E-state index contributed by atoms with van der Waals surface area (Å²) in [6, 6.07) is 0. The summed E-state index contributed by atoms with van der Waals surface area (Å²) >= 11 is 0. The third-order valence-corrected chi connectivity index (χ3v) is 0. The first-order chi connectivity index (χ1) is 2.00. The normalized spacial score (nSPS) is 4.46. The van der Waals surface area contributed by atoms with Crippen molar-refractivity contribution in [3.8, 4) is 0 Å². The van der Waals surface area contributed by atoms with Crippen molar-refractivity contribution in [2.75, 3.05) is 0 Å². The zero-order valence-corrected chi connectivity index (χ0v) is 6.44. The van der Waals surface area contributed by atoms with E-state index in [0.717, 1.165) is 0 Å². The SMILES string of the molecule is O.O.O.O.O.O.O.O=S(=O)(O)O.[SrH2]. The number of rotatable bonds is 0. The van der Waals surface area contributed by atoms with Gasteiger partial charge in [0.15, 0.2) is 0 Å². The summed E-state index contributed by atoms with van der Waals surface area (Å²) in [6.07, 6.45) is 0. The van der Waals surface area contributed by atoms with Gasteiger partial charge in [0.25, 0.3) is 0 Å². The van der Waals surface area contributed by atoms with Crippen LogP contribution >= 0.6 is 0 Å². The Bertz CT molecular complexity index is 93.3. The van der Waals surface area contributed by atoms with E-state index < -0.39 is 10.4 Å². The molecule has 0 aromatic carbocycles. The molecule has 11 nitrogen and oxygen atoms in total. The van der Waals surface area contributed by atoms with Crippen molar-refractivity contribution in [1.29, 1.82) is 0 Å². The Morgan fingerprint density at radius 2 is 0.615 bits per heavy atom. The van der Waals surface area contributed by atoms with Crippen LogP contribution in [0.4, 0.5) is 0 Å². The Labute approximate surface area is 111 Å². The van der Waals surface area contributed by atoms with Gasteiger partial charge in [-0.1, -0.05) is 0 Å². The molecule has 92 valence electrons. The molecule has 0 aromatic heterocycles.